The lowest BCUT2D eigenvalue weighted by atomic mass is 9.84. The Hall–Kier alpha value is -1.88. The Morgan fingerprint density at radius 2 is 1.64 bits per heavy atom. The molecule has 2 rings (SSSR count). The van der Waals surface area contributed by atoms with Gasteiger partial charge in [-0.15, -0.1) is 0 Å². The molecule has 1 fully saturated rings. The van der Waals surface area contributed by atoms with Crippen LogP contribution in [0.1, 0.15) is 44.7 Å². The smallest absolute Gasteiger partial charge is 0.253 e. The Labute approximate surface area is 151 Å². The number of rotatable bonds is 4. The topological polar surface area (TPSA) is 52.7 Å². The van der Waals surface area contributed by atoms with E-state index in [1.165, 1.54) is 6.92 Å². The van der Waals surface area contributed by atoms with Gasteiger partial charge in [0.05, 0.1) is 0 Å². The molecule has 25 heavy (non-hydrogen) atoms. The molecule has 1 aromatic carbocycles. The van der Waals surface area contributed by atoms with E-state index in [1.807, 2.05) is 50.8 Å². The van der Waals surface area contributed by atoms with E-state index in [2.05, 4.69) is 5.32 Å². The van der Waals surface area contributed by atoms with Crippen LogP contribution in [0.2, 0.25) is 0 Å². The van der Waals surface area contributed by atoms with E-state index >= 15 is 0 Å². The van der Waals surface area contributed by atoms with Gasteiger partial charge in [-0.25, -0.2) is 0 Å². The normalized spacial score (nSPS) is 16.6. The van der Waals surface area contributed by atoms with Crippen LogP contribution in [0.4, 0.5) is 5.69 Å². The zero-order chi connectivity index (χ0) is 18.8. The summed E-state index contributed by atoms with van der Waals surface area (Å²) in [6, 6.07) is 6.10. The van der Waals surface area contributed by atoms with E-state index in [1.54, 1.807) is 11.9 Å². The number of nitrogens with one attached hydrogen (secondary N) is 1. The van der Waals surface area contributed by atoms with Crippen LogP contribution >= 0.6 is 0 Å². The third-order valence-electron chi connectivity index (χ3n) is 5.36. The Balaban J connectivity index is 2.56. The van der Waals surface area contributed by atoms with E-state index in [4.69, 9.17) is 0 Å². The lowest BCUT2D eigenvalue weighted by Crippen LogP contribution is -2.64. The molecule has 1 heterocycles. The van der Waals surface area contributed by atoms with E-state index in [0.717, 1.165) is 29.9 Å². The second-order valence-electron chi connectivity index (χ2n) is 7.37. The third kappa shape index (κ3) is 3.56. The first-order chi connectivity index (χ1) is 11.7. The van der Waals surface area contributed by atoms with Crippen molar-refractivity contribution in [2.75, 3.05) is 25.0 Å². The Kier molecular flexibility index (Phi) is 5.88. The largest absolute Gasteiger partial charge is 0.331 e. The van der Waals surface area contributed by atoms with Gasteiger partial charge in [0.2, 0.25) is 5.91 Å². The summed E-state index contributed by atoms with van der Waals surface area (Å²) in [6.07, 6.45) is 1.27. The number of carbonyl (C=O) groups is 2. The van der Waals surface area contributed by atoms with Gasteiger partial charge in [0, 0.05) is 25.7 Å². The summed E-state index contributed by atoms with van der Waals surface area (Å²) >= 11 is 0. The lowest BCUT2D eigenvalue weighted by molar-refractivity contribution is -0.145. The highest BCUT2D eigenvalue weighted by atomic mass is 16.2. The summed E-state index contributed by atoms with van der Waals surface area (Å²) < 4.78 is 0. The quantitative estimate of drug-likeness (QED) is 0.913. The van der Waals surface area contributed by atoms with E-state index < -0.39 is 5.54 Å². The molecule has 0 atom stereocenters. The fourth-order valence-corrected chi connectivity index (χ4v) is 3.84. The van der Waals surface area contributed by atoms with E-state index in [0.29, 0.717) is 12.8 Å². The fourth-order valence-electron chi connectivity index (χ4n) is 3.84. The standard InChI is InChI=1S/C20H31N3O2/c1-14(2)23(18-15(3)8-7-9-16(18)4)19(25)20(22(6)17(5)24)10-12-21-13-11-20/h7-9,14,21H,10-13H2,1-6H3. The number of nitrogens with zero attached hydrogens (tertiary/aromatic N) is 2. The van der Waals surface area contributed by atoms with Crippen molar-refractivity contribution in [2.45, 2.75) is 59.0 Å². The molecule has 0 unspecified atom stereocenters. The summed E-state index contributed by atoms with van der Waals surface area (Å²) in [4.78, 5) is 29.5. The van der Waals surface area contributed by atoms with E-state index in [9.17, 15) is 9.59 Å². The molecule has 0 bridgehead atoms. The highest BCUT2D eigenvalue weighted by Gasteiger charge is 2.47. The Morgan fingerprint density at radius 1 is 1.12 bits per heavy atom. The monoisotopic (exact) mass is 345 g/mol. The Morgan fingerprint density at radius 3 is 2.08 bits per heavy atom. The van der Waals surface area contributed by atoms with Crippen LogP contribution in [0.15, 0.2) is 18.2 Å². The van der Waals surface area contributed by atoms with Crippen molar-refractivity contribution in [3.63, 3.8) is 0 Å². The molecule has 0 spiro atoms. The van der Waals surface area contributed by atoms with Crippen LogP contribution in [0.3, 0.4) is 0 Å². The van der Waals surface area contributed by atoms with Crippen LogP contribution in [0.5, 0.6) is 0 Å². The Bertz CT molecular complexity index is 628. The minimum atomic E-state index is -0.782. The van der Waals surface area contributed by atoms with Crippen molar-refractivity contribution in [3.05, 3.63) is 29.3 Å². The molecular weight excluding hydrogens is 314 g/mol. The van der Waals surface area contributed by atoms with Gasteiger partial charge in [-0.05, 0) is 64.8 Å². The number of benzene rings is 1. The molecule has 1 aliphatic heterocycles. The van der Waals surface area contributed by atoms with Crippen molar-refractivity contribution in [1.82, 2.24) is 10.2 Å². The van der Waals surface area contributed by atoms with Crippen LogP contribution in [0.25, 0.3) is 0 Å². The van der Waals surface area contributed by atoms with Crippen molar-refractivity contribution < 1.29 is 9.59 Å². The predicted octanol–water partition coefficient (Wildman–Crippen LogP) is 2.65. The zero-order valence-electron chi connectivity index (χ0n) is 16.3. The molecule has 138 valence electrons. The average molecular weight is 345 g/mol. The molecule has 0 aromatic heterocycles. The van der Waals surface area contributed by atoms with Crippen molar-refractivity contribution in [3.8, 4) is 0 Å². The second kappa shape index (κ2) is 7.56. The SMILES string of the molecule is CC(=O)N(C)C1(C(=O)N(c2c(C)cccc2C)C(C)C)CCNCC1. The molecule has 1 aliphatic rings. The molecule has 5 nitrogen and oxygen atoms in total. The second-order valence-corrected chi connectivity index (χ2v) is 7.37. The summed E-state index contributed by atoms with van der Waals surface area (Å²) in [5.41, 5.74) is 2.35. The minimum absolute atomic E-state index is 0.0134. The number of aryl methyl sites for hydroxylation is 2. The highest BCUT2D eigenvalue weighted by Crippen LogP contribution is 2.34. The van der Waals surface area contributed by atoms with Crippen LogP contribution < -0.4 is 10.2 Å². The summed E-state index contributed by atoms with van der Waals surface area (Å²) in [7, 11) is 1.76. The van der Waals surface area contributed by atoms with Gasteiger partial charge in [0.15, 0.2) is 0 Å². The molecule has 1 aromatic rings. The minimum Gasteiger partial charge on any atom is -0.331 e. The molecule has 0 aliphatic carbocycles. The highest BCUT2D eigenvalue weighted by molar-refractivity contribution is 6.03. The number of hydrogen-bond donors (Lipinski definition) is 1. The van der Waals surface area contributed by atoms with Crippen molar-refractivity contribution in [2.24, 2.45) is 0 Å². The maximum Gasteiger partial charge on any atom is 0.253 e. The van der Waals surface area contributed by atoms with Gasteiger partial charge >= 0.3 is 0 Å². The molecule has 1 N–H and O–H groups in total. The average Bonchev–Trinajstić information content (AvgIpc) is 2.57. The predicted molar refractivity (Wildman–Crippen MR) is 102 cm³/mol. The molecule has 2 amide bonds. The fraction of sp³-hybridized carbons (Fsp3) is 0.600. The molecule has 0 radical (unpaired) electrons. The van der Waals surface area contributed by atoms with Gasteiger partial charge in [0.25, 0.3) is 5.91 Å². The van der Waals surface area contributed by atoms with Crippen LogP contribution in [-0.2, 0) is 9.59 Å². The first kappa shape index (κ1) is 19.4. The number of hydrogen-bond acceptors (Lipinski definition) is 3. The van der Waals surface area contributed by atoms with Crippen LogP contribution in [-0.4, -0.2) is 48.4 Å². The first-order valence-corrected chi connectivity index (χ1v) is 9.07. The third-order valence-corrected chi connectivity index (χ3v) is 5.36. The number of carbonyl (C=O) groups excluding carboxylic acids is 2. The summed E-state index contributed by atoms with van der Waals surface area (Å²) in [5.74, 6) is -0.0421. The molecule has 1 saturated heterocycles. The van der Waals surface area contributed by atoms with Crippen molar-refractivity contribution in [1.29, 1.82) is 0 Å². The molecule has 0 saturated carbocycles. The van der Waals surface area contributed by atoms with Gasteiger partial charge in [-0.2, -0.15) is 0 Å². The number of amides is 2. The van der Waals surface area contributed by atoms with Gasteiger partial charge in [-0.3, -0.25) is 9.59 Å². The molecular formula is C20H31N3O2. The number of piperidine rings is 1. The zero-order valence-corrected chi connectivity index (χ0v) is 16.3. The number of para-hydroxylation sites is 1. The first-order valence-electron chi connectivity index (χ1n) is 9.07. The number of likely N-dealkylation sites (N-methyl/N-ethyl adjacent to an activating group) is 1. The van der Waals surface area contributed by atoms with E-state index in [-0.39, 0.29) is 17.9 Å². The maximum absolute atomic E-state index is 13.8. The van der Waals surface area contributed by atoms with Crippen molar-refractivity contribution >= 4 is 17.5 Å². The van der Waals surface area contributed by atoms with Gasteiger partial charge in [-0.1, -0.05) is 18.2 Å². The van der Waals surface area contributed by atoms with Gasteiger partial charge < -0.3 is 15.1 Å². The number of anilines is 1. The lowest BCUT2D eigenvalue weighted by Gasteiger charge is -2.47. The van der Waals surface area contributed by atoms with Crippen LogP contribution in [0, 0.1) is 13.8 Å². The molecule has 5 heteroatoms. The maximum atomic E-state index is 13.8. The van der Waals surface area contributed by atoms with Gasteiger partial charge in [0.1, 0.15) is 5.54 Å². The summed E-state index contributed by atoms with van der Waals surface area (Å²) in [5, 5.41) is 3.31. The summed E-state index contributed by atoms with van der Waals surface area (Å²) in [6.45, 7) is 11.2.